The molecule has 1 aliphatic rings. The van der Waals surface area contributed by atoms with E-state index in [0.717, 1.165) is 5.69 Å². The minimum Gasteiger partial charge on any atom is -0.379 e. The summed E-state index contributed by atoms with van der Waals surface area (Å²) in [5, 5.41) is 3.43. The zero-order valence-corrected chi connectivity index (χ0v) is 11.8. The monoisotopic (exact) mass is 269 g/mol. The molecule has 1 unspecified atom stereocenters. The van der Waals surface area contributed by atoms with Crippen molar-refractivity contribution in [3.05, 3.63) is 65.0 Å². The van der Waals surface area contributed by atoms with Crippen molar-refractivity contribution in [3.63, 3.8) is 0 Å². The molecule has 20 heavy (non-hydrogen) atoms. The largest absolute Gasteiger partial charge is 0.379 e. The summed E-state index contributed by atoms with van der Waals surface area (Å²) in [5.41, 5.74) is 5.27. The summed E-state index contributed by atoms with van der Waals surface area (Å²) in [6, 6.07) is 13.6. The van der Waals surface area contributed by atoms with Gasteiger partial charge in [-0.1, -0.05) is 18.2 Å². The molecule has 0 heterocycles. The number of rotatable bonds is 3. The van der Waals surface area contributed by atoms with E-state index in [1.807, 2.05) is 0 Å². The molecule has 3 rings (SSSR count). The third kappa shape index (κ3) is 2.84. The van der Waals surface area contributed by atoms with Crippen molar-refractivity contribution < 1.29 is 4.39 Å². The molecular weight excluding hydrogens is 249 g/mol. The van der Waals surface area contributed by atoms with Gasteiger partial charge in [-0.15, -0.1) is 0 Å². The third-order valence-electron chi connectivity index (χ3n) is 4.10. The van der Waals surface area contributed by atoms with Crippen LogP contribution < -0.4 is 5.32 Å². The van der Waals surface area contributed by atoms with E-state index in [9.17, 15) is 4.39 Å². The summed E-state index contributed by atoms with van der Waals surface area (Å²) in [6.45, 7) is 2.15. The van der Waals surface area contributed by atoms with Crippen molar-refractivity contribution in [2.45, 2.75) is 38.6 Å². The quantitative estimate of drug-likeness (QED) is 0.837. The average molecular weight is 269 g/mol. The number of nitrogens with one attached hydrogen (secondary N) is 1. The van der Waals surface area contributed by atoms with Gasteiger partial charge in [-0.25, -0.2) is 4.39 Å². The lowest BCUT2D eigenvalue weighted by atomic mass is 9.89. The molecule has 0 saturated heterocycles. The van der Waals surface area contributed by atoms with E-state index in [2.05, 4.69) is 30.4 Å². The Morgan fingerprint density at radius 1 is 0.950 bits per heavy atom. The molecule has 1 N–H and O–H groups in total. The predicted octanol–water partition coefficient (Wildman–Crippen LogP) is 4.88. The van der Waals surface area contributed by atoms with Crippen molar-refractivity contribution >= 4 is 5.69 Å². The van der Waals surface area contributed by atoms with Crippen LogP contribution in [0.2, 0.25) is 0 Å². The number of hydrogen-bond donors (Lipinski definition) is 1. The molecule has 2 aromatic carbocycles. The van der Waals surface area contributed by atoms with Crippen LogP contribution in [-0.2, 0) is 12.8 Å². The van der Waals surface area contributed by atoms with Gasteiger partial charge in [-0.05, 0) is 73.6 Å². The van der Waals surface area contributed by atoms with Gasteiger partial charge in [0.05, 0.1) is 0 Å². The molecule has 0 amide bonds. The van der Waals surface area contributed by atoms with Crippen LogP contribution in [0.4, 0.5) is 10.1 Å². The van der Waals surface area contributed by atoms with E-state index in [-0.39, 0.29) is 11.9 Å². The smallest absolute Gasteiger partial charge is 0.123 e. The van der Waals surface area contributed by atoms with Gasteiger partial charge < -0.3 is 5.32 Å². The topological polar surface area (TPSA) is 12.0 Å². The molecule has 0 radical (unpaired) electrons. The van der Waals surface area contributed by atoms with Crippen LogP contribution in [0.1, 0.15) is 42.5 Å². The highest BCUT2D eigenvalue weighted by atomic mass is 19.1. The lowest BCUT2D eigenvalue weighted by Gasteiger charge is -2.20. The maximum atomic E-state index is 12.9. The molecule has 0 bridgehead atoms. The predicted molar refractivity (Wildman–Crippen MR) is 81.5 cm³/mol. The number of fused-ring (bicyclic) bond motifs is 1. The summed E-state index contributed by atoms with van der Waals surface area (Å²) < 4.78 is 12.9. The van der Waals surface area contributed by atoms with Crippen molar-refractivity contribution in [1.29, 1.82) is 0 Å². The minimum atomic E-state index is -0.197. The zero-order valence-electron chi connectivity index (χ0n) is 11.8. The second kappa shape index (κ2) is 5.66. The van der Waals surface area contributed by atoms with Gasteiger partial charge in [0, 0.05) is 11.7 Å². The SMILES string of the molecule is CC(Nc1ccc(F)cc1)c1ccc2c(c1)CCCC2. The van der Waals surface area contributed by atoms with E-state index >= 15 is 0 Å². The van der Waals surface area contributed by atoms with Crippen LogP contribution in [-0.4, -0.2) is 0 Å². The molecule has 0 spiro atoms. The Morgan fingerprint density at radius 2 is 1.65 bits per heavy atom. The Bertz CT molecular complexity index is 589. The third-order valence-corrected chi connectivity index (χ3v) is 4.10. The first-order valence-corrected chi connectivity index (χ1v) is 7.36. The van der Waals surface area contributed by atoms with Crippen molar-refractivity contribution in [2.24, 2.45) is 0 Å². The van der Waals surface area contributed by atoms with Crippen LogP contribution in [0.5, 0.6) is 0 Å². The Balaban J connectivity index is 1.76. The van der Waals surface area contributed by atoms with E-state index in [4.69, 9.17) is 0 Å². The van der Waals surface area contributed by atoms with Crippen LogP contribution in [0.25, 0.3) is 0 Å². The number of halogens is 1. The van der Waals surface area contributed by atoms with Crippen molar-refractivity contribution in [3.8, 4) is 0 Å². The van der Waals surface area contributed by atoms with Crippen LogP contribution >= 0.6 is 0 Å². The molecule has 2 aromatic rings. The second-order valence-corrected chi connectivity index (χ2v) is 5.61. The Kier molecular flexibility index (Phi) is 3.72. The lowest BCUT2D eigenvalue weighted by Crippen LogP contribution is -2.09. The van der Waals surface area contributed by atoms with Crippen LogP contribution in [0.15, 0.2) is 42.5 Å². The first-order valence-electron chi connectivity index (χ1n) is 7.36. The van der Waals surface area contributed by atoms with Crippen LogP contribution in [0, 0.1) is 5.82 Å². The van der Waals surface area contributed by atoms with Gasteiger partial charge in [0.15, 0.2) is 0 Å². The summed E-state index contributed by atoms with van der Waals surface area (Å²) in [4.78, 5) is 0. The van der Waals surface area contributed by atoms with E-state index in [0.29, 0.717) is 0 Å². The Labute approximate surface area is 119 Å². The number of benzene rings is 2. The summed E-state index contributed by atoms with van der Waals surface area (Å²) in [5.74, 6) is -0.197. The Morgan fingerprint density at radius 3 is 2.40 bits per heavy atom. The van der Waals surface area contributed by atoms with Crippen molar-refractivity contribution in [2.75, 3.05) is 5.32 Å². The molecule has 1 atom stereocenters. The highest BCUT2D eigenvalue weighted by molar-refractivity contribution is 5.46. The van der Waals surface area contributed by atoms with E-state index in [1.54, 1.807) is 12.1 Å². The first-order chi connectivity index (χ1) is 9.72. The fourth-order valence-corrected chi connectivity index (χ4v) is 2.90. The fourth-order valence-electron chi connectivity index (χ4n) is 2.90. The van der Waals surface area contributed by atoms with E-state index < -0.39 is 0 Å². The summed E-state index contributed by atoms with van der Waals surface area (Å²) in [7, 11) is 0. The van der Waals surface area contributed by atoms with Crippen molar-refractivity contribution in [1.82, 2.24) is 0 Å². The first kappa shape index (κ1) is 13.2. The van der Waals surface area contributed by atoms with Gasteiger partial charge in [0.25, 0.3) is 0 Å². The fraction of sp³-hybridized carbons (Fsp3) is 0.333. The summed E-state index contributed by atoms with van der Waals surface area (Å²) in [6.07, 6.45) is 5.04. The molecule has 1 nitrogen and oxygen atoms in total. The normalized spacial score (nSPS) is 15.5. The number of anilines is 1. The highest BCUT2D eigenvalue weighted by Crippen LogP contribution is 2.26. The maximum absolute atomic E-state index is 12.9. The van der Waals surface area contributed by atoms with Gasteiger partial charge in [-0.3, -0.25) is 0 Å². The molecule has 1 aliphatic carbocycles. The molecule has 0 fully saturated rings. The molecule has 104 valence electrons. The summed E-state index contributed by atoms with van der Waals surface area (Å²) >= 11 is 0. The molecular formula is C18H20FN. The zero-order chi connectivity index (χ0) is 13.9. The lowest BCUT2D eigenvalue weighted by molar-refractivity contribution is 0.628. The van der Waals surface area contributed by atoms with Gasteiger partial charge in [-0.2, -0.15) is 0 Å². The standard InChI is InChI=1S/C18H20FN/c1-13(20-18-10-8-17(19)9-11-18)15-7-6-14-4-2-3-5-16(14)12-15/h6-13,20H,2-5H2,1H3. The molecule has 0 saturated carbocycles. The highest BCUT2D eigenvalue weighted by Gasteiger charge is 2.12. The van der Waals surface area contributed by atoms with Gasteiger partial charge >= 0.3 is 0 Å². The second-order valence-electron chi connectivity index (χ2n) is 5.61. The maximum Gasteiger partial charge on any atom is 0.123 e. The average Bonchev–Trinajstić information content (AvgIpc) is 2.49. The van der Waals surface area contributed by atoms with Gasteiger partial charge in [0.2, 0.25) is 0 Å². The van der Waals surface area contributed by atoms with Gasteiger partial charge in [0.1, 0.15) is 5.82 Å². The molecule has 0 aliphatic heterocycles. The minimum absolute atomic E-state index is 0.197. The molecule has 0 aromatic heterocycles. The number of hydrogen-bond acceptors (Lipinski definition) is 1. The molecule has 2 heteroatoms. The number of aryl methyl sites for hydroxylation is 2. The Hall–Kier alpha value is -1.83. The van der Waals surface area contributed by atoms with E-state index in [1.165, 1.54) is 54.5 Å². The van der Waals surface area contributed by atoms with Crippen LogP contribution in [0.3, 0.4) is 0 Å².